The lowest BCUT2D eigenvalue weighted by Gasteiger charge is -2.18. The molecule has 0 aliphatic carbocycles. The molecule has 0 rings (SSSR count). The zero-order chi connectivity index (χ0) is 43.3. The van der Waals surface area contributed by atoms with Gasteiger partial charge in [-0.05, 0) is 31.1 Å². The summed E-state index contributed by atoms with van der Waals surface area (Å²) in [7, 11) is 0. The predicted molar refractivity (Wildman–Crippen MR) is 252 cm³/mol. The second kappa shape index (κ2) is 45.9. The summed E-state index contributed by atoms with van der Waals surface area (Å²) in [5, 5.41) is 0. The molecule has 0 unspecified atom stereocenters. The summed E-state index contributed by atoms with van der Waals surface area (Å²) in [6.45, 7) is 11.3. The molecule has 0 fully saturated rings. The number of rotatable bonds is 47. The van der Waals surface area contributed by atoms with Crippen molar-refractivity contribution in [2.75, 3.05) is 13.2 Å². The molecule has 0 bridgehead atoms. The smallest absolute Gasteiger partial charge is 0.306 e. The maximum atomic E-state index is 12.7. The van der Waals surface area contributed by atoms with Gasteiger partial charge in [0.25, 0.3) is 0 Å². The van der Waals surface area contributed by atoms with Gasteiger partial charge < -0.3 is 14.2 Å². The lowest BCUT2D eigenvalue weighted by Crippen LogP contribution is -2.30. The van der Waals surface area contributed by atoms with Crippen LogP contribution in [0.25, 0.3) is 0 Å². The van der Waals surface area contributed by atoms with E-state index in [-0.39, 0.29) is 31.1 Å². The maximum absolute atomic E-state index is 12.7. The highest BCUT2D eigenvalue weighted by Gasteiger charge is 2.19. The third kappa shape index (κ3) is 47.3. The molecule has 0 radical (unpaired) electrons. The van der Waals surface area contributed by atoms with Crippen LogP contribution in [0.4, 0.5) is 0 Å². The van der Waals surface area contributed by atoms with Crippen molar-refractivity contribution in [3.63, 3.8) is 0 Å². The highest BCUT2D eigenvalue weighted by atomic mass is 16.6. The molecule has 0 N–H and O–H groups in total. The number of carbonyl (C=O) groups excluding carboxylic acids is 3. The molecule has 59 heavy (non-hydrogen) atoms. The average molecular weight is 835 g/mol. The molecule has 0 amide bonds. The van der Waals surface area contributed by atoms with Crippen molar-refractivity contribution < 1.29 is 28.6 Å². The minimum atomic E-state index is -0.761. The fourth-order valence-corrected chi connectivity index (χ4v) is 7.99. The number of hydrogen-bond donors (Lipinski definition) is 0. The van der Waals surface area contributed by atoms with E-state index in [2.05, 4.69) is 34.6 Å². The van der Waals surface area contributed by atoms with E-state index >= 15 is 0 Å². The van der Waals surface area contributed by atoms with Crippen molar-refractivity contribution in [3.05, 3.63) is 0 Å². The van der Waals surface area contributed by atoms with Crippen LogP contribution in [-0.4, -0.2) is 37.2 Å². The Bertz CT molecular complexity index is 900. The third-order valence-corrected chi connectivity index (χ3v) is 12.0. The Morgan fingerprint density at radius 3 is 0.831 bits per heavy atom. The molecule has 0 aromatic heterocycles. The summed E-state index contributed by atoms with van der Waals surface area (Å²) in [6, 6.07) is 0. The van der Waals surface area contributed by atoms with Crippen molar-refractivity contribution in [3.8, 4) is 0 Å². The van der Waals surface area contributed by atoms with E-state index in [9.17, 15) is 14.4 Å². The topological polar surface area (TPSA) is 78.9 Å². The molecule has 6 heteroatoms. The van der Waals surface area contributed by atoms with Crippen LogP contribution < -0.4 is 0 Å². The van der Waals surface area contributed by atoms with Crippen LogP contribution in [0.2, 0.25) is 0 Å². The highest BCUT2D eigenvalue weighted by molar-refractivity contribution is 5.71. The first kappa shape index (κ1) is 57.4. The number of unbranched alkanes of at least 4 members (excludes halogenated alkanes) is 32. The minimum Gasteiger partial charge on any atom is -0.462 e. The Balaban J connectivity index is 4.15. The summed E-state index contributed by atoms with van der Waals surface area (Å²) < 4.78 is 16.8. The van der Waals surface area contributed by atoms with Crippen molar-refractivity contribution >= 4 is 17.9 Å². The molecule has 0 saturated heterocycles. The Kier molecular flexibility index (Phi) is 44.7. The second-order valence-corrected chi connectivity index (χ2v) is 19.1. The first-order valence-electron chi connectivity index (χ1n) is 26.2. The Morgan fingerprint density at radius 2 is 0.559 bits per heavy atom. The lowest BCUT2D eigenvalue weighted by atomic mass is 10.0. The Labute approximate surface area is 368 Å². The first-order valence-corrected chi connectivity index (χ1v) is 26.2. The molecule has 0 saturated carbocycles. The molecule has 0 heterocycles. The molecule has 1 atom stereocenters. The van der Waals surface area contributed by atoms with Gasteiger partial charge in [-0.1, -0.05) is 253 Å². The minimum absolute atomic E-state index is 0.0647. The van der Waals surface area contributed by atoms with Crippen LogP contribution in [0.15, 0.2) is 0 Å². The van der Waals surface area contributed by atoms with Crippen LogP contribution in [0.3, 0.4) is 0 Å². The maximum Gasteiger partial charge on any atom is 0.306 e. The van der Waals surface area contributed by atoms with Crippen LogP contribution in [0, 0.1) is 11.8 Å². The molecule has 350 valence electrons. The Morgan fingerprint density at radius 1 is 0.322 bits per heavy atom. The largest absolute Gasteiger partial charge is 0.462 e. The van der Waals surface area contributed by atoms with Gasteiger partial charge in [0, 0.05) is 19.3 Å². The van der Waals surface area contributed by atoms with Gasteiger partial charge in [0.15, 0.2) is 6.10 Å². The number of esters is 3. The monoisotopic (exact) mass is 835 g/mol. The standard InChI is InChI=1S/C53H102O6/c1-6-7-8-9-10-11-20-24-27-33-38-43-51(54)57-46-50(59-53(56)45-40-35-30-29-32-37-42-49(4)5)47-58-52(55)44-39-34-28-25-22-19-17-15-13-12-14-16-18-21-23-26-31-36-41-48(2)3/h48-50H,6-47H2,1-5H3/t50-/m0/s1. The Hall–Kier alpha value is -1.59. The summed E-state index contributed by atoms with van der Waals surface area (Å²) in [5.74, 6) is 0.764. The summed E-state index contributed by atoms with van der Waals surface area (Å²) >= 11 is 0. The molecular weight excluding hydrogens is 733 g/mol. The quantitative estimate of drug-likeness (QED) is 0.0345. The number of carbonyl (C=O) groups is 3. The summed E-state index contributed by atoms with van der Waals surface area (Å²) in [5.41, 5.74) is 0. The number of hydrogen-bond acceptors (Lipinski definition) is 6. The lowest BCUT2D eigenvalue weighted by molar-refractivity contribution is -0.167. The molecule has 0 aliphatic heterocycles. The molecule has 6 nitrogen and oxygen atoms in total. The van der Waals surface area contributed by atoms with E-state index in [1.807, 2.05) is 0 Å². The van der Waals surface area contributed by atoms with Gasteiger partial charge in [-0.25, -0.2) is 0 Å². The zero-order valence-electron chi connectivity index (χ0n) is 40.4. The first-order chi connectivity index (χ1) is 28.7. The predicted octanol–water partition coefficient (Wildman–Crippen LogP) is 16.9. The zero-order valence-corrected chi connectivity index (χ0v) is 40.4. The van der Waals surface area contributed by atoms with Crippen molar-refractivity contribution in [1.82, 2.24) is 0 Å². The highest BCUT2D eigenvalue weighted by Crippen LogP contribution is 2.17. The molecule has 0 spiro atoms. The van der Waals surface area contributed by atoms with Crippen LogP contribution in [0.5, 0.6) is 0 Å². The van der Waals surface area contributed by atoms with Crippen LogP contribution in [-0.2, 0) is 28.6 Å². The van der Waals surface area contributed by atoms with E-state index in [4.69, 9.17) is 14.2 Å². The van der Waals surface area contributed by atoms with Gasteiger partial charge in [-0.3, -0.25) is 14.4 Å². The van der Waals surface area contributed by atoms with E-state index in [1.54, 1.807) is 0 Å². The molecular formula is C53H102O6. The summed E-state index contributed by atoms with van der Waals surface area (Å²) in [4.78, 5) is 37.8. The van der Waals surface area contributed by atoms with Crippen LogP contribution in [0.1, 0.15) is 291 Å². The number of ether oxygens (including phenoxy) is 3. The molecule has 0 aliphatic rings. The van der Waals surface area contributed by atoms with Gasteiger partial charge in [0.1, 0.15) is 13.2 Å². The van der Waals surface area contributed by atoms with Gasteiger partial charge in [-0.15, -0.1) is 0 Å². The molecule has 0 aromatic carbocycles. The molecule has 0 aromatic rings. The van der Waals surface area contributed by atoms with Gasteiger partial charge in [0.05, 0.1) is 0 Å². The van der Waals surface area contributed by atoms with E-state index in [0.717, 1.165) is 69.6 Å². The van der Waals surface area contributed by atoms with Crippen molar-refractivity contribution in [2.45, 2.75) is 298 Å². The summed E-state index contributed by atoms with van der Waals surface area (Å²) in [6.07, 6.45) is 46.8. The van der Waals surface area contributed by atoms with E-state index in [0.29, 0.717) is 19.3 Å². The van der Waals surface area contributed by atoms with Gasteiger partial charge >= 0.3 is 17.9 Å². The van der Waals surface area contributed by atoms with Crippen molar-refractivity contribution in [2.24, 2.45) is 11.8 Å². The average Bonchev–Trinajstić information content (AvgIpc) is 3.20. The SMILES string of the molecule is CCCCCCCCCCCCCC(=O)OC[C@@H](COC(=O)CCCCCCCCCCCCCCCCCCCCC(C)C)OC(=O)CCCCCCCCC(C)C. The van der Waals surface area contributed by atoms with E-state index in [1.165, 1.54) is 180 Å². The van der Waals surface area contributed by atoms with E-state index < -0.39 is 6.10 Å². The van der Waals surface area contributed by atoms with Crippen molar-refractivity contribution in [1.29, 1.82) is 0 Å². The van der Waals surface area contributed by atoms with Gasteiger partial charge in [0.2, 0.25) is 0 Å². The van der Waals surface area contributed by atoms with Crippen LogP contribution >= 0.6 is 0 Å². The fraction of sp³-hybridized carbons (Fsp3) is 0.943. The third-order valence-electron chi connectivity index (χ3n) is 12.0. The fourth-order valence-electron chi connectivity index (χ4n) is 7.99. The second-order valence-electron chi connectivity index (χ2n) is 19.1. The van der Waals surface area contributed by atoms with Gasteiger partial charge in [-0.2, -0.15) is 0 Å². The normalized spacial score (nSPS) is 12.1.